The molecule has 16 heavy (non-hydrogen) atoms. The van der Waals surface area contributed by atoms with Crippen molar-refractivity contribution < 1.29 is 8.42 Å². The van der Waals surface area contributed by atoms with E-state index in [1.165, 1.54) is 38.4 Å². The molecule has 0 bridgehead atoms. The molecule has 4 heteroatoms. The minimum absolute atomic E-state index is 0.333. The fraction of sp³-hybridized carbons (Fsp3) is 1.00. The Bertz CT molecular complexity index is 287. The standard InChI is InChI=1S/C12H25NO2S/c1-3-12-8-5-4-6-9-13(12)10-7-11-16(2,14)15/h12H,3-11H2,1-2H3/t12-/m0/s1. The molecule has 0 radical (unpaired) electrons. The Morgan fingerprint density at radius 2 is 2.00 bits per heavy atom. The van der Waals surface area contributed by atoms with Crippen molar-refractivity contribution in [3.63, 3.8) is 0 Å². The third-order valence-corrected chi connectivity index (χ3v) is 4.46. The summed E-state index contributed by atoms with van der Waals surface area (Å²) >= 11 is 0. The molecule has 0 amide bonds. The van der Waals surface area contributed by atoms with Crippen molar-refractivity contribution in [2.24, 2.45) is 0 Å². The molecule has 0 aromatic rings. The molecule has 0 unspecified atom stereocenters. The van der Waals surface area contributed by atoms with E-state index in [0.717, 1.165) is 19.5 Å². The molecule has 1 rings (SSSR count). The molecular formula is C12H25NO2S. The van der Waals surface area contributed by atoms with Gasteiger partial charge in [0, 0.05) is 12.3 Å². The van der Waals surface area contributed by atoms with Crippen LogP contribution in [0.15, 0.2) is 0 Å². The van der Waals surface area contributed by atoms with Crippen LogP contribution >= 0.6 is 0 Å². The van der Waals surface area contributed by atoms with Crippen LogP contribution in [-0.4, -0.2) is 44.5 Å². The van der Waals surface area contributed by atoms with E-state index in [1.807, 2.05) is 0 Å². The first-order valence-corrected chi connectivity index (χ1v) is 8.51. The third kappa shape index (κ3) is 5.30. The summed E-state index contributed by atoms with van der Waals surface area (Å²) in [5.41, 5.74) is 0. The Morgan fingerprint density at radius 3 is 2.62 bits per heavy atom. The maximum absolute atomic E-state index is 11.1. The highest BCUT2D eigenvalue weighted by molar-refractivity contribution is 7.90. The molecule has 1 atom stereocenters. The van der Waals surface area contributed by atoms with Crippen LogP contribution in [-0.2, 0) is 9.84 Å². The Balaban J connectivity index is 2.37. The fourth-order valence-corrected chi connectivity index (χ4v) is 3.18. The van der Waals surface area contributed by atoms with Crippen LogP contribution in [0.2, 0.25) is 0 Å². The van der Waals surface area contributed by atoms with Crippen LogP contribution in [0.5, 0.6) is 0 Å². The Labute approximate surface area is 100 Å². The van der Waals surface area contributed by atoms with Gasteiger partial charge in [-0.1, -0.05) is 19.8 Å². The molecule has 1 fully saturated rings. The van der Waals surface area contributed by atoms with Gasteiger partial charge in [-0.2, -0.15) is 0 Å². The van der Waals surface area contributed by atoms with Crippen molar-refractivity contribution in [3.8, 4) is 0 Å². The predicted octanol–water partition coefficient (Wildman–Crippen LogP) is 2.08. The second-order valence-corrected chi connectivity index (χ2v) is 7.19. The maximum Gasteiger partial charge on any atom is 0.147 e. The van der Waals surface area contributed by atoms with E-state index in [0.29, 0.717) is 11.8 Å². The number of hydrogen-bond acceptors (Lipinski definition) is 3. The number of rotatable bonds is 5. The molecule has 1 aliphatic heterocycles. The minimum Gasteiger partial charge on any atom is -0.300 e. The van der Waals surface area contributed by atoms with Gasteiger partial charge in [0.1, 0.15) is 9.84 Å². The van der Waals surface area contributed by atoms with Gasteiger partial charge in [0.15, 0.2) is 0 Å². The van der Waals surface area contributed by atoms with Crippen molar-refractivity contribution in [3.05, 3.63) is 0 Å². The quantitative estimate of drug-likeness (QED) is 0.746. The molecule has 0 aromatic carbocycles. The van der Waals surface area contributed by atoms with Crippen LogP contribution < -0.4 is 0 Å². The second kappa shape index (κ2) is 6.60. The summed E-state index contributed by atoms with van der Waals surface area (Å²) in [7, 11) is -2.78. The number of sulfone groups is 1. The number of hydrogen-bond donors (Lipinski definition) is 0. The molecular weight excluding hydrogens is 222 g/mol. The van der Waals surface area contributed by atoms with Crippen LogP contribution in [0.4, 0.5) is 0 Å². The molecule has 1 heterocycles. The molecule has 1 aliphatic rings. The van der Waals surface area contributed by atoms with Gasteiger partial charge in [0.05, 0.1) is 5.75 Å². The lowest BCUT2D eigenvalue weighted by Gasteiger charge is -2.28. The van der Waals surface area contributed by atoms with Gasteiger partial charge < -0.3 is 4.90 Å². The molecule has 0 N–H and O–H groups in total. The van der Waals surface area contributed by atoms with Crippen molar-refractivity contribution in [2.75, 3.05) is 25.1 Å². The van der Waals surface area contributed by atoms with E-state index >= 15 is 0 Å². The van der Waals surface area contributed by atoms with E-state index in [1.54, 1.807) is 0 Å². The van der Waals surface area contributed by atoms with Gasteiger partial charge in [0.2, 0.25) is 0 Å². The normalized spacial score (nSPS) is 24.2. The topological polar surface area (TPSA) is 37.4 Å². The summed E-state index contributed by atoms with van der Waals surface area (Å²) in [6.07, 6.45) is 8.53. The molecule has 3 nitrogen and oxygen atoms in total. The van der Waals surface area contributed by atoms with Gasteiger partial charge in [0.25, 0.3) is 0 Å². The maximum atomic E-state index is 11.1. The third-order valence-electron chi connectivity index (χ3n) is 3.43. The van der Waals surface area contributed by atoms with Gasteiger partial charge in [-0.25, -0.2) is 8.42 Å². The van der Waals surface area contributed by atoms with Crippen LogP contribution in [0.1, 0.15) is 45.4 Å². The first kappa shape index (κ1) is 14.0. The van der Waals surface area contributed by atoms with E-state index in [9.17, 15) is 8.42 Å². The van der Waals surface area contributed by atoms with Crippen molar-refractivity contribution in [1.82, 2.24) is 4.90 Å². The van der Waals surface area contributed by atoms with Crippen molar-refractivity contribution in [2.45, 2.75) is 51.5 Å². The zero-order chi connectivity index (χ0) is 12.0. The van der Waals surface area contributed by atoms with Crippen molar-refractivity contribution >= 4 is 9.84 Å². The number of nitrogens with zero attached hydrogens (tertiary/aromatic N) is 1. The lowest BCUT2D eigenvalue weighted by Crippen LogP contribution is -2.35. The van der Waals surface area contributed by atoms with E-state index in [-0.39, 0.29) is 0 Å². The van der Waals surface area contributed by atoms with Crippen molar-refractivity contribution in [1.29, 1.82) is 0 Å². The van der Waals surface area contributed by atoms with Gasteiger partial charge in [-0.15, -0.1) is 0 Å². The highest BCUT2D eigenvalue weighted by atomic mass is 32.2. The minimum atomic E-state index is -2.78. The molecule has 0 aromatic heterocycles. The number of likely N-dealkylation sites (tertiary alicyclic amines) is 1. The van der Waals surface area contributed by atoms with E-state index in [2.05, 4.69) is 11.8 Å². The largest absolute Gasteiger partial charge is 0.300 e. The Hall–Kier alpha value is -0.0900. The average molecular weight is 247 g/mol. The van der Waals surface area contributed by atoms with E-state index in [4.69, 9.17) is 0 Å². The van der Waals surface area contributed by atoms with Crippen LogP contribution in [0.3, 0.4) is 0 Å². The monoisotopic (exact) mass is 247 g/mol. The highest BCUT2D eigenvalue weighted by Gasteiger charge is 2.19. The molecule has 0 aliphatic carbocycles. The summed E-state index contributed by atoms with van der Waals surface area (Å²) in [6.45, 7) is 4.34. The summed E-state index contributed by atoms with van der Waals surface area (Å²) < 4.78 is 22.1. The SMILES string of the molecule is CC[C@H]1CCCCCN1CCCS(C)(=O)=O. The predicted molar refractivity (Wildman–Crippen MR) is 68.4 cm³/mol. The zero-order valence-electron chi connectivity index (χ0n) is 10.6. The summed E-state index contributed by atoms with van der Waals surface area (Å²) in [6, 6.07) is 0.682. The summed E-state index contributed by atoms with van der Waals surface area (Å²) in [5, 5.41) is 0. The lowest BCUT2D eigenvalue weighted by atomic mass is 10.1. The molecule has 1 saturated heterocycles. The van der Waals surface area contributed by atoms with E-state index < -0.39 is 9.84 Å². The molecule has 96 valence electrons. The molecule has 0 spiro atoms. The van der Waals surface area contributed by atoms with Crippen LogP contribution in [0.25, 0.3) is 0 Å². The van der Waals surface area contributed by atoms with Gasteiger partial charge in [-0.05, 0) is 38.8 Å². The van der Waals surface area contributed by atoms with Gasteiger partial charge >= 0.3 is 0 Å². The summed E-state index contributed by atoms with van der Waals surface area (Å²) in [4.78, 5) is 2.50. The average Bonchev–Trinajstić information content (AvgIpc) is 2.41. The first-order chi connectivity index (χ1) is 7.53. The molecule has 0 saturated carbocycles. The smallest absolute Gasteiger partial charge is 0.147 e. The Morgan fingerprint density at radius 1 is 1.25 bits per heavy atom. The Kier molecular flexibility index (Phi) is 5.76. The first-order valence-electron chi connectivity index (χ1n) is 6.44. The fourth-order valence-electron chi connectivity index (χ4n) is 2.52. The van der Waals surface area contributed by atoms with Gasteiger partial charge in [-0.3, -0.25) is 0 Å². The zero-order valence-corrected chi connectivity index (χ0v) is 11.4. The van der Waals surface area contributed by atoms with Crippen LogP contribution in [0, 0.1) is 0 Å². The summed E-state index contributed by atoms with van der Waals surface area (Å²) in [5.74, 6) is 0.333. The lowest BCUT2D eigenvalue weighted by molar-refractivity contribution is 0.195. The highest BCUT2D eigenvalue weighted by Crippen LogP contribution is 2.19. The second-order valence-electron chi connectivity index (χ2n) is 4.93.